The Balaban J connectivity index is 1.67. The van der Waals surface area contributed by atoms with Crippen LogP contribution in [0, 0.1) is 0 Å². The maximum absolute atomic E-state index is 12.4. The van der Waals surface area contributed by atoms with Crippen molar-refractivity contribution in [2.24, 2.45) is 0 Å². The lowest BCUT2D eigenvalue weighted by molar-refractivity contribution is -0.140. The molecule has 0 aliphatic heterocycles. The molecule has 3 aromatic rings. The summed E-state index contributed by atoms with van der Waals surface area (Å²) in [5, 5.41) is 0.993. The Morgan fingerprint density at radius 1 is 1.07 bits per heavy atom. The molecule has 1 heterocycles. The molecule has 0 radical (unpaired) electrons. The number of nitrogens with zero attached hydrogens (tertiary/aromatic N) is 1. The maximum Gasteiger partial charge on any atom is 0.331 e. The zero-order chi connectivity index (χ0) is 19.2. The van der Waals surface area contributed by atoms with Gasteiger partial charge in [-0.05, 0) is 31.1 Å². The second-order valence-electron chi connectivity index (χ2n) is 6.25. The van der Waals surface area contributed by atoms with Gasteiger partial charge >= 0.3 is 5.97 Å². The van der Waals surface area contributed by atoms with Gasteiger partial charge in [-0.3, -0.25) is 9.78 Å². The smallest absolute Gasteiger partial charge is 0.331 e. The predicted octanol–water partition coefficient (Wildman–Crippen LogP) is 4.63. The number of hydrogen-bond acceptors (Lipinski definition) is 4. The second kappa shape index (κ2) is 8.41. The number of ether oxygens (including phenoxy) is 1. The Morgan fingerprint density at radius 3 is 2.56 bits per heavy atom. The Bertz CT molecular complexity index is 985. The van der Waals surface area contributed by atoms with Gasteiger partial charge in [-0.2, -0.15) is 0 Å². The number of aryl methyl sites for hydroxylation is 1. The SMILES string of the molecule is CCc1ccc(C(=O)C(C)OC(=O)/C=C/c2cccc3cccnc23)cc1. The fraction of sp³-hybridized carbons (Fsp3) is 0.174. The number of fused-ring (bicyclic) bond motifs is 1. The standard InChI is InChI=1S/C23H21NO3/c1-3-17-9-11-20(12-10-17)23(26)16(2)27-21(25)14-13-19-7-4-6-18-8-5-15-24-22(18)19/h4-16H,3H2,1-2H3/b14-13+. The monoisotopic (exact) mass is 359 g/mol. The van der Waals surface area contributed by atoms with Crippen LogP contribution in [0.3, 0.4) is 0 Å². The number of hydrogen-bond donors (Lipinski definition) is 0. The highest BCUT2D eigenvalue weighted by Crippen LogP contribution is 2.17. The first-order chi connectivity index (χ1) is 13.1. The summed E-state index contributed by atoms with van der Waals surface area (Å²) in [6.45, 7) is 3.64. The van der Waals surface area contributed by atoms with Crippen molar-refractivity contribution in [1.29, 1.82) is 0 Å². The summed E-state index contributed by atoms with van der Waals surface area (Å²) >= 11 is 0. The van der Waals surface area contributed by atoms with Gasteiger partial charge in [0.05, 0.1) is 5.52 Å². The molecule has 1 aromatic heterocycles. The molecule has 27 heavy (non-hydrogen) atoms. The number of pyridine rings is 1. The molecule has 2 aromatic carbocycles. The third-order valence-corrected chi connectivity index (χ3v) is 4.37. The lowest BCUT2D eigenvalue weighted by Crippen LogP contribution is -2.23. The fourth-order valence-corrected chi connectivity index (χ4v) is 2.83. The molecule has 0 N–H and O–H groups in total. The van der Waals surface area contributed by atoms with Crippen molar-refractivity contribution < 1.29 is 14.3 Å². The first-order valence-corrected chi connectivity index (χ1v) is 8.94. The highest BCUT2D eigenvalue weighted by atomic mass is 16.5. The van der Waals surface area contributed by atoms with Crippen LogP contribution in [0.4, 0.5) is 0 Å². The van der Waals surface area contributed by atoms with Crippen LogP contribution in [0.5, 0.6) is 0 Å². The number of esters is 1. The van der Waals surface area contributed by atoms with Crippen LogP contribution in [0.2, 0.25) is 0 Å². The highest BCUT2D eigenvalue weighted by Gasteiger charge is 2.18. The van der Waals surface area contributed by atoms with Gasteiger partial charge < -0.3 is 4.74 Å². The molecule has 136 valence electrons. The van der Waals surface area contributed by atoms with E-state index >= 15 is 0 Å². The van der Waals surface area contributed by atoms with Crippen molar-refractivity contribution in [3.63, 3.8) is 0 Å². The van der Waals surface area contributed by atoms with Gasteiger partial charge in [0.2, 0.25) is 5.78 Å². The molecular weight excluding hydrogens is 338 g/mol. The lowest BCUT2D eigenvalue weighted by atomic mass is 10.0. The molecular formula is C23H21NO3. The van der Waals surface area contributed by atoms with E-state index in [0.717, 1.165) is 28.5 Å². The average molecular weight is 359 g/mol. The van der Waals surface area contributed by atoms with E-state index in [2.05, 4.69) is 11.9 Å². The lowest BCUT2D eigenvalue weighted by Gasteiger charge is -2.11. The third-order valence-electron chi connectivity index (χ3n) is 4.37. The minimum atomic E-state index is -0.847. The van der Waals surface area contributed by atoms with Crippen LogP contribution in [-0.4, -0.2) is 22.8 Å². The number of ketones is 1. The molecule has 0 amide bonds. The van der Waals surface area contributed by atoms with Crippen molar-refractivity contribution >= 4 is 28.7 Å². The van der Waals surface area contributed by atoms with Gasteiger partial charge in [0.25, 0.3) is 0 Å². The molecule has 0 aliphatic carbocycles. The van der Waals surface area contributed by atoms with E-state index in [1.54, 1.807) is 31.3 Å². The zero-order valence-electron chi connectivity index (χ0n) is 15.4. The van der Waals surface area contributed by atoms with Crippen LogP contribution in [-0.2, 0) is 16.0 Å². The van der Waals surface area contributed by atoms with Crippen molar-refractivity contribution in [1.82, 2.24) is 4.98 Å². The summed E-state index contributed by atoms with van der Waals surface area (Å²) in [6, 6.07) is 16.9. The number of benzene rings is 2. The second-order valence-corrected chi connectivity index (χ2v) is 6.25. The van der Waals surface area contributed by atoms with E-state index in [1.165, 1.54) is 6.08 Å². The van der Waals surface area contributed by atoms with Gasteiger partial charge in [0.15, 0.2) is 6.10 Å². The van der Waals surface area contributed by atoms with E-state index in [0.29, 0.717) is 5.56 Å². The Morgan fingerprint density at radius 2 is 1.81 bits per heavy atom. The minimum absolute atomic E-state index is 0.216. The largest absolute Gasteiger partial charge is 0.451 e. The molecule has 0 aliphatic rings. The number of Topliss-reactive ketones (excluding diaryl/α,β-unsaturated/α-hetero) is 1. The molecule has 0 saturated carbocycles. The van der Waals surface area contributed by atoms with E-state index in [4.69, 9.17) is 4.74 Å². The van der Waals surface area contributed by atoms with E-state index in [-0.39, 0.29) is 5.78 Å². The number of carbonyl (C=O) groups is 2. The molecule has 4 nitrogen and oxygen atoms in total. The average Bonchev–Trinajstić information content (AvgIpc) is 2.71. The molecule has 0 fully saturated rings. The zero-order valence-corrected chi connectivity index (χ0v) is 15.4. The number of para-hydroxylation sites is 1. The van der Waals surface area contributed by atoms with Crippen LogP contribution in [0.15, 0.2) is 66.9 Å². The summed E-state index contributed by atoms with van der Waals surface area (Å²) in [7, 11) is 0. The predicted molar refractivity (Wildman–Crippen MR) is 106 cm³/mol. The summed E-state index contributed by atoms with van der Waals surface area (Å²) in [6.07, 6.45) is 4.76. The van der Waals surface area contributed by atoms with E-state index in [9.17, 15) is 9.59 Å². The summed E-state index contributed by atoms with van der Waals surface area (Å²) in [5.41, 5.74) is 3.32. The third kappa shape index (κ3) is 4.47. The molecule has 1 unspecified atom stereocenters. The normalized spacial score (nSPS) is 12.2. The van der Waals surface area contributed by atoms with Crippen LogP contribution in [0.25, 0.3) is 17.0 Å². The van der Waals surface area contributed by atoms with Crippen LogP contribution < -0.4 is 0 Å². The molecule has 1 atom stereocenters. The highest BCUT2D eigenvalue weighted by molar-refractivity contribution is 6.01. The number of rotatable bonds is 6. The Kier molecular flexibility index (Phi) is 5.77. The first kappa shape index (κ1) is 18.5. The molecule has 0 saturated heterocycles. The Hall–Kier alpha value is -3.27. The molecule has 0 bridgehead atoms. The molecule has 3 rings (SSSR count). The maximum atomic E-state index is 12.4. The quantitative estimate of drug-likeness (QED) is 0.366. The van der Waals surface area contributed by atoms with Gasteiger partial charge in [-0.1, -0.05) is 55.5 Å². The first-order valence-electron chi connectivity index (χ1n) is 8.94. The summed E-state index contributed by atoms with van der Waals surface area (Å²) < 4.78 is 5.26. The number of carbonyl (C=O) groups excluding carboxylic acids is 2. The van der Waals surface area contributed by atoms with Crippen molar-refractivity contribution in [3.05, 3.63) is 83.6 Å². The molecule has 0 spiro atoms. The molecule has 4 heteroatoms. The van der Waals surface area contributed by atoms with Crippen LogP contribution >= 0.6 is 0 Å². The minimum Gasteiger partial charge on any atom is -0.451 e. The van der Waals surface area contributed by atoms with E-state index < -0.39 is 12.1 Å². The number of aromatic nitrogens is 1. The van der Waals surface area contributed by atoms with Crippen LogP contribution in [0.1, 0.15) is 35.3 Å². The van der Waals surface area contributed by atoms with Gasteiger partial charge in [0, 0.05) is 28.8 Å². The summed E-state index contributed by atoms with van der Waals surface area (Å²) in [5.74, 6) is -0.778. The van der Waals surface area contributed by atoms with E-state index in [1.807, 2.05) is 42.5 Å². The fourth-order valence-electron chi connectivity index (χ4n) is 2.83. The van der Waals surface area contributed by atoms with Crippen molar-refractivity contribution in [3.8, 4) is 0 Å². The topological polar surface area (TPSA) is 56.3 Å². The van der Waals surface area contributed by atoms with Gasteiger partial charge in [-0.25, -0.2) is 4.79 Å². The Labute approximate surface area is 158 Å². The summed E-state index contributed by atoms with van der Waals surface area (Å²) in [4.78, 5) is 28.9. The van der Waals surface area contributed by atoms with Crippen molar-refractivity contribution in [2.75, 3.05) is 0 Å². The van der Waals surface area contributed by atoms with Gasteiger partial charge in [-0.15, -0.1) is 0 Å². The van der Waals surface area contributed by atoms with Crippen molar-refractivity contribution in [2.45, 2.75) is 26.4 Å². The van der Waals surface area contributed by atoms with Gasteiger partial charge in [0.1, 0.15) is 0 Å².